The van der Waals surface area contributed by atoms with Gasteiger partial charge in [0.1, 0.15) is 17.5 Å². The number of amides is 1. The zero-order valence-electron chi connectivity index (χ0n) is 16.4. The van der Waals surface area contributed by atoms with Crippen molar-refractivity contribution in [3.05, 3.63) is 65.2 Å². The van der Waals surface area contributed by atoms with E-state index in [0.29, 0.717) is 11.1 Å². The summed E-state index contributed by atoms with van der Waals surface area (Å²) in [4.78, 5) is 14.1. The van der Waals surface area contributed by atoms with E-state index in [2.05, 4.69) is 0 Å². The molecular weight excluding hydrogens is 418 g/mol. The van der Waals surface area contributed by atoms with Crippen molar-refractivity contribution in [2.45, 2.75) is 30.5 Å². The lowest BCUT2D eigenvalue weighted by molar-refractivity contribution is -0.184. The number of ether oxygens (including phenoxy) is 2. The number of carbonyl (C=O) groups is 1. The Bertz CT molecular complexity index is 926. The first kappa shape index (κ1) is 21.6. The van der Waals surface area contributed by atoms with Crippen molar-refractivity contribution in [2.75, 3.05) is 26.3 Å². The van der Waals surface area contributed by atoms with Crippen LogP contribution in [0, 0.1) is 0 Å². The van der Waals surface area contributed by atoms with E-state index >= 15 is 0 Å². The fourth-order valence-corrected chi connectivity index (χ4v) is 3.67. The van der Waals surface area contributed by atoms with Crippen LogP contribution in [-0.2, 0) is 16.5 Å². The van der Waals surface area contributed by atoms with Gasteiger partial charge in [0, 0.05) is 18.5 Å². The standard InChI is InChI=1S/C22H21F4NO4/c23-18-11-27(20(28)14-1-3-15(4-2-14)21(29)12-30-13-21)10-9-19(18)31-17-7-5-16(6-8-17)22(24,25)26/h1-8,18-19,29H,9-13H2. The van der Waals surface area contributed by atoms with Crippen LogP contribution in [0.4, 0.5) is 17.6 Å². The summed E-state index contributed by atoms with van der Waals surface area (Å²) in [5.41, 5.74) is -0.802. The lowest BCUT2D eigenvalue weighted by Gasteiger charge is -2.37. The third-order valence-electron chi connectivity index (χ3n) is 5.59. The number of piperidine rings is 1. The number of alkyl halides is 4. The topological polar surface area (TPSA) is 59.0 Å². The quantitative estimate of drug-likeness (QED) is 0.741. The highest BCUT2D eigenvalue weighted by Crippen LogP contribution is 2.32. The van der Waals surface area contributed by atoms with Gasteiger partial charge in [-0.2, -0.15) is 13.2 Å². The Morgan fingerprint density at radius 3 is 2.26 bits per heavy atom. The Morgan fingerprint density at radius 1 is 1.10 bits per heavy atom. The molecule has 0 spiro atoms. The Labute approximate surface area is 176 Å². The first-order valence-corrected chi connectivity index (χ1v) is 9.84. The van der Waals surface area contributed by atoms with Gasteiger partial charge in [-0.1, -0.05) is 12.1 Å². The van der Waals surface area contributed by atoms with Crippen LogP contribution in [0.3, 0.4) is 0 Å². The highest BCUT2D eigenvalue weighted by Gasteiger charge is 2.38. The molecule has 2 aromatic carbocycles. The smallest absolute Gasteiger partial charge is 0.416 e. The minimum atomic E-state index is -4.45. The lowest BCUT2D eigenvalue weighted by Crippen LogP contribution is -2.49. The maximum Gasteiger partial charge on any atom is 0.416 e. The van der Waals surface area contributed by atoms with E-state index < -0.39 is 29.6 Å². The van der Waals surface area contributed by atoms with Crippen LogP contribution in [0.1, 0.15) is 27.9 Å². The molecule has 2 unspecified atom stereocenters. The van der Waals surface area contributed by atoms with E-state index in [9.17, 15) is 27.5 Å². The van der Waals surface area contributed by atoms with Gasteiger partial charge in [0.25, 0.3) is 5.91 Å². The number of aliphatic hydroxyl groups is 1. The van der Waals surface area contributed by atoms with Crippen molar-refractivity contribution in [2.24, 2.45) is 0 Å². The third-order valence-corrected chi connectivity index (χ3v) is 5.59. The summed E-state index contributed by atoms with van der Waals surface area (Å²) in [6.07, 6.45) is -6.57. The summed E-state index contributed by atoms with van der Waals surface area (Å²) in [6.45, 7) is 0.486. The van der Waals surface area contributed by atoms with Crippen molar-refractivity contribution in [1.82, 2.24) is 4.90 Å². The highest BCUT2D eigenvalue weighted by molar-refractivity contribution is 5.94. The van der Waals surface area contributed by atoms with Crippen LogP contribution >= 0.6 is 0 Å². The zero-order valence-corrected chi connectivity index (χ0v) is 16.4. The van der Waals surface area contributed by atoms with E-state index in [1.165, 1.54) is 4.90 Å². The molecule has 31 heavy (non-hydrogen) atoms. The number of carbonyl (C=O) groups excluding carboxylic acids is 1. The number of likely N-dealkylation sites (tertiary alicyclic amines) is 1. The molecule has 5 nitrogen and oxygen atoms in total. The number of rotatable bonds is 4. The first-order chi connectivity index (χ1) is 14.7. The molecule has 0 radical (unpaired) electrons. The SMILES string of the molecule is O=C(c1ccc(C2(O)COC2)cc1)N1CCC(Oc2ccc(C(F)(F)F)cc2)C(F)C1. The van der Waals surface area contributed by atoms with E-state index in [4.69, 9.17) is 9.47 Å². The minimum Gasteiger partial charge on any atom is -0.487 e. The van der Waals surface area contributed by atoms with Gasteiger partial charge in [-0.3, -0.25) is 4.79 Å². The van der Waals surface area contributed by atoms with Crippen LogP contribution in [0.5, 0.6) is 5.75 Å². The summed E-state index contributed by atoms with van der Waals surface area (Å²) in [7, 11) is 0. The largest absolute Gasteiger partial charge is 0.487 e. The Balaban J connectivity index is 1.35. The molecule has 1 amide bonds. The van der Waals surface area contributed by atoms with Crippen molar-refractivity contribution in [1.29, 1.82) is 0 Å². The van der Waals surface area contributed by atoms with Crippen molar-refractivity contribution in [3.8, 4) is 5.75 Å². The lowest BCUT2D eigenvalue weighted by atomic mass is 9.91. The van der Waals surface area contributed by atoms with Crippen molar-refractivity contribution < 1.29 is 36.9 Å². The van der Waals surface area contributed by atoms with Gasteiger partial charge in [-0.25, -0.2) is 4.39 Å². The number of benzene rings is 2. The summed E-state index contributed by atoms with van der Waals surface area (Å²) in [6, 6.07) is 10.6. The predicted molar refractivity (Wildman–Crippen MR) is 102 cm³/mol. The molecule has 166 valence electrons. The summed E-state index contributed by atoms with van der Waals surface area (Å²) in [5.74, 6) is -0.187. The average Bonchev–Trinajstić information content (AvgIpc) is 2.73. The molecule has 2 aliphatic rings. The monoisotopic (exact) mass is 439 g/mol. The molecule has 2 heterocycles. The fraction of sp³-hybridized carbons (Fsp3) is 0.409. The second-order valence-corrected chi connectivity index (χ2v) is 7.84. The van der Waals surface area contributed by atoms with Gasteiger partial charge in [-0.15, -0.1) is 0 Å². The molecule has 0 bridgehead atoms. The van der Waals surface area contributed by atoms with E-state index in [1.54, 1.807) is 24.3 Å². The third kappa shape index (κ3) is 4.52. The van der Waals surface area contributed by atoms with Gasteiger partial charge in [0.15, 0.2) is 6.17 Å². The molecule has 2 aromatic rings. The molecule has 0 saturated carbocycles. The second-order valence-electron chi connectivity index (χ2n) is 7.84. The van der Waals surface area contributed by atoms with Crippen LogP contribution in [0.2, 0.25) is 0 Å². The van der Waals surface area contributed by atoms with Gasteiger partial charge in [0.05, 0.1) is 25.3 Å². The first-order valence-electron chi connectivity index (χ1n) is 9.84. The Morgan fingerprint density at radius 2 is 1.74 bits per heavy atom. The fourth-order valence-electron chi connectivity index (χ4n) is 3.67. The van der Waals surface area contributed by atoms with Gasteiger partial charge < -0.3 is 19.5 Å². The zero-order chi connectivity index (χ0) is 22.2. The molecule has 9 heteroatoms. The summed E-state index contributed by atoms with van der Waals surface area (Å²) >= 11 is 0. The normalized spacial score (nSPS) is 23.2. The molecule has 2 atom stereocenters. The average molecular weight is 439 g/mol. The molecule has 2 saturated heterocycles. The second kappa shape index (κ2) is 8.12. The maximum atomic E-state index is 14.7. The van der Waals surface area contributed by atoms with Crippen molar-refractivity contribution in [3.63, 3.8) is 0 Å². The van der Waals surface area contributed by atoms with Gasteiger partial charge in [0.2, 0.25) is 0 Å². The molecule has 4 rings (SSSR count). The molecule has 0 aromatic heterocycles. The van der Waals surface area contributed by atoms with Crippen LogP contribution in [0.25, 0.3) is 0 Å². The highest BCUT2D eigenvalue weighted by atomic mass is 19.4. The molecule has 2 fully saturated rings. The Hall–Kier alpha value is -2.65. The summed E-state index contributed by atoms with van der Waals surface area (Å²) < 4.78 is 63.1. The van der Waals surface area contributed by atoms with E-state index in [1.807, 2.05) is 0 Å². The molecule has 0 aliphatic carbocycles. The van der Waals surface area contributed by atoms with Crippen LogP contribution in [-0.4, -0.2) is 54.5 Å². The molecule has 1 N–H and O–H groups in total. The van der Waals surface area contributed by atoms with Crippen LogP contribution < -0.4 is 4.74 Å². The van der Waals surface area contributed by atoms with Gasteiger partial charge in [-0.05, 0) is 42.0 Å². The van der Waals surface area contributed by atoms with E-state index in [0.717, 1.165) is 24.3 Å². The number of nitrogens with zero attached hydrogens (tertiary/aromatic N) is 1. The molecule has 2 aliphatic heterocycles. The number of hydrogen-bond acceptors (Lipinski definition) is 4. The predicted octanol–water partition coefficient (Wildman–Crippen LogP) is 3.55. The summed E-state index contributed by atoms with van der Waals surface area (Å²) in [5, 5.41) is 10.3. The maximum absolute atomic E-state index is 14.7. The molecular formula is C22H21F4NO4. The number of hydrogen-bond donors (Lipinski definition) is 1. The van der Waals surface area contributed by atoms with Crippen molar-refractivity contribution >= 4 is 5.91 Å². The van der Waals surface area contributed by atoms with Gasteiger partial charge >= 0.3 is 6.18 Å². The van der Waals surface area contributed by atoms with Crippen LogP contribution in [0.15, 0.2) is 48.5 Å². The minimum absolute atomic E-state index is 0.147. The van der Waals surface area contributed by atoms with E-state index in [-0.39, 0.29) is 44.4 Å². The Kier molecular flexibility index (Phi) is 5.65. The number of halogens is 4.